The Labute approximate surface area is 175 Å². The van der Waals surface area contributed by atoms with E-state index in [1.165, 1.54) is 89.9 Å². The molecular weight excluding hydrogens is 374 g/mol. The van der Waals surface area contributed by atoms with E-state index in [0.717, 1.165) is 24.0 Å². The third kappa shape index (κ3) is 22.1. The summed E-state index contributed by atoms with van der Waals surface area (Å²) in [4.78, 5) is 0. The molecule has 0 saturated carbocycles. The fourth-order valence-electron chi connectivity index (χ4n) is 3.65. The summed E-state index contributed by atoms with van der Waals surface area (Å²) in [5, 5.41) is 0. The van der Waals surface area contributed by atoms with E-state index in [0.29, 0.717) is 6.42 Å². The van der Waals surface area contributed by atoms with Crippen LogP contribution in [0.4, 0.5) is 0 Å². The van der Waals surface area contributed by atoms with Crippen LogP contribution >= 0.6 is 0 Å². The van der Waals surface area contributed by atoms with Crippen molar-refractivity contribution < 1.29 is 21.6 Å². The van der Waals surface area contributed by atoms with Gasteiger partial charge < -0.3 is 4.48 Å². The van der Waals surface area contributed by atoms with Crippen LogP contribution in [0, 0.1) is 0 Å². The molecule has 0 aromatic rings. The molecule has 0 atom stereocenters. The minimum Gasteiger partial charge on any atom is -0.328 e. The van der Waals surface area contributed by atoms with E-state index in [4.69, 9.17) is 4.55 Å². The molecule has 0 unspecified atom stereocenters. The van der Waals surface area contributed by atoms with Crippen LogP contribution in [0.1, 0.15) is 110 Å². The third-order valence-electron chi connectivity index (χ3n) is 5.51. The van der Waals surface area contributed by atoms with Gasteiger partial charge in [-0.25, -0.2) is 4.18 Å². The average molecular weight is 423 g/mol. The molecule has 0 aliphatic rings. The normalized spacial score (nSPS) is 12.6. The van der Waals surface area contributed by atoms with E-state index in [-0.39, 0.29) is 6.61 Å². The van der Waals surface area contributed by atoms with Gasteiger partial charge in [0.25, 0.3) is 0 Å². The smallest absolute Gasteiger partial charge is 0.328 e. The lowest BCUT2D eigenvalue weighted by molar-refractivity contribution is -0.890. The molecule has 0 rings (SSSR count). The van der Waals surface area contributed by atoms with Gasteiger partial charge in [0.2, 0.25) is 0 Å². The number of quaternary nitrogens is 1. The van der Waals surface area contributed by atoms with E-state index < -0.39 is 10.4 Å². The van der Waals surface area contributed by atoms with Gasteiger partial charge in [-0.1, -0.05) is 84.0 Å². The second-order valence-corrected chi connectivity index (χ2v) is 10.0. The van der Waals surface area contributed by atoms with Gasteiger partial charge in [-0.3, -0.25) is 4.55 Å². The summed E-state index contributed by atoms with van der Waals surface area (Å²) >= 11 is 0. The second kappa shape index (κ2) is 17.7. The van der Waals surface area contributed by atoms with Crippen molar-refractivity contribution in [2.45, 2.75) is 110 Å². The molecule has 0 aromatic heterocycles. The van der Waals surface area contributed by atoms with Crippen molar-refractivity contribution in [1.29, 1.82) is 0 Å². The summed E-state index contributed by atoms with van der Waals surface area (Å²) < 4.78 is 34.8. The Morgan fingerprint density at radius 1 is 0.643 bits per heavy atom. The van der Waals surface area contributed by atoms with E-state index in [2.05, 4.69) is 25.2 Å². The molecule has 0 spiro atoms. The van der Waals surface area contributed by atoms with Gasteiger partial charge in [-0.2, -0.15) is 8.42 Å². The third-order valence-corrected chi connectivity index (χ3v) is 5.97. The predicted molar refractivity (Wildman–Crippen MR) is 119 cm³/mol. The highest BCUT2D eigenvalue weighted by Gasteiger charge is 2.14. The molecule has 0 bridgehead atoms. The van der Waals surface area contributed by atoms with E-state index >= 15 is 0 Å². The Kier molecular flexibility index (Phi) is 17.6. The summed E-state index contributed by atoms with van der Waals surface area (Å²) in [5.74, 6) is 0. The van der Waals surface area contributed by atoms with Crippen molar-refractivity contribution in [3.63, 3.8) is 0 Å². The fraction of sp³-hybridized carbons (Fsp3) is 1.00. The molecule has 0 aromatic carbocycles. The van der Waals surface area contributed by atoms with Crippen molar-refractivity contribution in [3.8, 4) is 0 Å². The van der Waals surface area contributed by atoms with E-state index in [1.807, 2.05) is 0 Å². The van der Waals surface area contributed by atoms with Gasteiger partial charge >= 0.3 is 10.4 Å². The Bertz CT molecular complexity index is 438. The molecule has 0 saturated heterocycles. The monoisotopic (exact) mass is 422 g/mol. The zero-order valence-corrected chi connectivity index (χ0v) is 19.8. The molecule has 1 N–H and O–H groups in total. The van der Waals surface area contributed by atoms with Crippen LogP contribution in [0.25, 0.3) is 0 Å². The van der Waals surface area contributed by atoms with Crippen LogP contribution in [0.5, 0.6) is 0 Å². The molecular formula is C22H48NO4S+. The molecule has 0 amide bonds. The SMILES string of the molecule is CCCCCCCCCCCCCCCC[N+](C)(C)CCCCOS(=O)(=O)O. The van der Waals surface area contributed by atoms with Crippen molar-refractivity contribution in [1.82, 2.24) is 0 Å². The van der Waals surface area contributed by atoms with Crippen molar-refractivity contribution in [3.05, 3.63) is 0 Å². The Morgan fingerprint density at radius 3 is 1.39 bits per heavy atom. The lowest BCUT2D eigenvalue weighted by atomic mass is 10.0. The van der Waals surface area contributed by atoms with Gasteiger partial charge in [0.05, 0.1) is 33.8 Å². The maximum absolute atomic E-state index is 10.5. The maximum Gasteiger partial charge on any atom is 0.397 e. The van der Waals surface area contributed by atoms with Crippen LogP contribution in [-0.4, -0.2) is 51.2 Å². The van der Waals surface area contributed by atoms with Crippen molar-refractivity contribution in [2.75, 3.05) is 33.8 Å². The summed E-state index contributed by atoms with van der Waals surface area (Å²) in [6.07, 6.45) is 20.9. The topological polar surface area (TPSA) is 63.6 Å². The summed E-state index contributed by atoms with van der Waals surface area (Å²) in [6, 6.07) is 0. The zero-order chi connectivity index (χ0) is 21.1. The number of hydrogen-bond donors (Lipinski definition) is 1. The van der Waals surface area contributed by atoms with Gasteiger partial charge in [-0.15, -0.1) is 0 Å². The first-order valence-electron chi connectivity index (χ1n) is 11.7. The average Bonchev–Trinajstić information content (AvgIpc) is 2.60. The molecule has 0 aliphatic carbocycles. The molecule has 0 fully saturated rings. The highest BCUT2D eigenvalue weighted by molar-refractivity contribution is 7.80. The second-order valence-electron chi connectivity index (χ2n) is 8.94. The van der Waals surface area contributed by atoms with Crippen molar-refractivity contribution in [2.24, 2.45) is 0 Å². The molecule has 5 nitrogen and oxygen atoms in total. The molecule has 0 heterocycles. The first-order chi connectivity index (χ1) is 13.3. The highest BCUT2D eigenvalue weighted by atomic mass is 32.3. The fourth-order valence-corrected chi connectivity index (χ4v) is 3.98. The Morgan fingerprint density at radius 2 is 1.00 bits per heavy atom. The summed E-state index contributed by atoms with van der Waals surface area (Å²) in [7, 11) is 0.174. The number of unbranched alkanes of at least 4 members (excludes halogenated alkanes) is 14. The maximum atomic E-state index is 10.5. The largest absolute Gasteiger partial charge is 0.397 e. The lowest BCUT2D eigenvalue weighted by Crippen LogP contribution is -2.41. The van der Waals surface area contributed by atoms with Gasteiger partial charge in [0.1, 0.15) is 0 Å². The van der Waals surface area contributed by atoms with Crippen LogP contribution in [-0.2, 0) is 14.6 Å². The van der Waals surface area contributed by atoms with Gasteiger partial charge in [-0.05, 0) is 25.7 Å². The highest BCUT2D eigenvalue weighted by Crippen LogP contribution is 2.13. The zero-order valence-electron chi connectivity index (χ0n) is 19.0. The number of nitrogens with zero attached hydrogens (tertiary/aromatic N) is 1. The number of hydrogen-bond acceptors (Lipinski definition) is 3. The minimum atomic E-state index is -4.28. The first-order valence-corrected chi connectivity index (χ1v) is 13.1. The Hall–Kier alpha value is -0.170. The first kappa shape index (κ1) is 27.8. The van der Waals surface area contributed by atoms with Gasteiger partial charge in [0.15, 0.2) is 0 Å². The van der Waals surface area contributed by atoms with Crippen LogP contribution in [0.2, 0.25) is 0 Å². The lowest BCUT2D eigenvalue weighted by Gasteiger charge is -2.29. The molecule has 170 valence electrons. The van der Waals surface area contributed by atoms with Crippen molar-refractivity contribution >= 4 is 10.4 Å². The van der Waals surface area contributed by atoms with Crippen LogP contribution in [0.15, 0.2) is 0 Å². The number of rotatable bonds is 21. The summed E-state index contributed by atoms with van der Waals surface area (Å²) in [5.41, 5.74) is 0. The minimum absolute atomic E-state index is 0.0672. The van der Waals surface area contributed by atoms with E-state index in [9.17, 15) is 8.42 Å². The predicted octanol–water partition coefficient (Wildman–Crippen LogP) is 6.14. The molecule has 0 aliphatic heterocycles. The van der Waals surface area contributed by atoms with E-state index in [1.54, 1.807) is 0 Å². The molecule has 0 radical (unpaired) electrons. The summed E-state index contributed by atoms with van der Waals surface area (Å²) in [6.45, 7) is 4.51. The standard InChI is InChI=1S/C22H47NO4S/c1-4-5-6-7-8-9-10-11-12-13-14-15-16-17-20-23(2,3)21-18-19-22-27-28(24,25)26/h4-22H2,1-3H3/p+1. The molecule has 6 heteroatoms. The molecule has 28 heavy (non-hydrogen) atoms. The quantitative estimate of drug-likeness (QED) is 0.137. The van der Waals surface area contributed by atoms with Crippen LogP contribution in [0.3, 0.4) is 0 Å². The van der Waals surface area contributed by atoms with Gasteiger partial charge in [0, 0.05) is 0 Å². The Balaban J connectivity index is 3.35. The van der Waals surface area contributed by atoms with Crippen LogP contribution < -0.4 is 0 Å².